The van der Waals surface area contributed by atoms with Crippen molar-refractivity contribution in [1.82, 2.24) is 0 Å². The van der Waals surface area contributed by atoms with E-state index >= 15 is 0 Å². The van der Waals surface area contributed by atoms with Crippen LogP contribution in [0.4, 0.5) is 0 Å². The molecule has 2 rings (SSSR count). The highest BCUT2D eigenvalue weighted by Crippen LogP contribution is 2.45. The second kappa shape index (κ2) is 13.0. The van der Waals surface area contributed by atoms with E-state index in [0.717, 1.165) is 65.0 Å². The molecule has 1 aromatic carbocycles. The lowest BCUT2D eigenvalue weighted by Gasteiger charge is -2.38. The summed E-state index contributed by atoms with van der Waals surface area (Å²) in [6.07, 6.45) is 13.6. The number of aromatic hydroxyl groups is 1. The van der Waals surface area contributed by atoms with E-state index in [2.05, 4.69) is 34.6 Å². The second-order valence-corrected chi connectivity index (χ2v) is 11.6. The molecule has 0 aromatic heterocycles. The van der Waals surface area contributed by atoms with Crippen molar-refractivity contribution in [2.24, 2.45) is 29.2 Å². The van der Waals surface area contributed by atoms with Crippen LogP contribution >= 0.6 is 0 Å². The Bertz CT molecular complexity index is 746. The lowest BCUT2D eigenvalue weighted by Crippen LogP contribution is -2.37. The molecule has 5 N–H and O–H groups in total. The Balaban J connectivity index is 1.81. The zero-order valence-corrected chi connectivity index (χ0v) is 22.4. The Hall–Kier alpha value is -1.26. The van der Waals surface area contributed by atoms with Crippen molar-refractivity contribution < 1.29 is 9.84 Å². The van der Waals surface area contributed by atoms with Crippen LogP contribution in [0.2, 0.25) is 0 Å². The van der Waals surface area contributed by atoms with Gasteiger partial charge >= 0.3 is 0 Å². The van der Waals surface area contributed by atoms with Gasteiger partial charge in [-0.3, -0.25) is 0 Å². The maximum absolute atomic E-state index is 10.6. The van der Waals surface area contributed by atoms with Gasteiger partial charge in [-0.05, 0) is 62.8 Å². The summed E-state index contributed by atoms with van der Waals surface area (Å²) in [6, 6.07) is 0. The number of phenolic OH excluding ortho intramolecular Hbond substituents is 1. The van der Waals surface area contributed by atoms with Crippen LogP contribution < -0.4 is 16.2 Å². The minimum absolute atomic E-state index is 0.156. The molecule has 4 heteroatoms. The SMILES string of the molecule is Cc1c(CN)c(O)c(CN)c2c1OC(C)(CCCC(C)CCCC(C)CCCC(C)C)CC2. The van der Waals surface area contributed by atoms with Crippen molar-refractivity contribution in [1.29, 1.82) is 0 Å². The lowest BCUT2D eigenvalue weighted by molar-refractivity contribution is 0.0510. The Morgan fingerprint density at radius 1 is 0.879 bits per heavy atom. The minimum atomic E-state index is -0.156. The predicted molar refractivity (Wildman–Crippen MR) is 141 cm³/mol. The summed E-state index contributed by atoms with van der Waals surface area (Å²) in [7, 11) is 0. The Morgan fingerprint density at radius 2 is 1.42 bits per heavy atom. The van der Waals surface area contributed by atoms with E-state index in [0.29, 0.717) is 13.1 Å². The van der Waals surface area contributed by atoms with E-state index in [1.54, 1.807) is 0 Å². The molecule has 0 radical (unpaired) electrons. The van der Waals surface area contributed by atoms with Gasteiger partial charge < -0.3 is 21.3 Å². The number of ether oxygens (including phenoxy) is 1. The van der Waals surface area contributed by atoms with Gasteiger partial charge in [0, 0.05) is 29.8 Å². The highest BCUT2D eigenvalue weighted by molar-refractivity contribution is 5.59. The van der Waals surface area contributed by atoms with E-state index in [1.807, 2.05) is 6.92 Å². The van der Waals surface area contributed by atoms with Gasteiger partial charge in [0.15, 0.2) is 0 Å². The third-order valence-electron chi connectivity index (χ3n) is 7.94. The van der Waals surface area contributed by atoms with Crippen LogP contribution in [0.15, 0.2) is 0 Å². The number of rotatable bonds is 14. The van der Waals surface area contributed by atoms with E-state index in [9.17, 15) is 5.11 Å². The summed E-state index contributed by atoms with van der Waals surface area (Å²) < 4.78 is 6.62. The smallest absolute Gasteiger partial charge is 0.127 e. The van der Waals surface area contributed by atoms with Crippen molar-refractivity contribution in [3.05, 3.63) is 22.3 Å². The number of fused-ring (bicyclic) bond motifs is 1. The molecule has 1 aliphatic rings. The number of nitrogens with two attached hydrogens (primary N) is 2. The van der Waals surface area contributed by atoms with Crippen LogP contribution in [0.1, 0.15) is 121 Å². The fourth-order valence-corrected chi connectivity index (χ4v) is 5.54. The second-order valence-electron chi connectivity index (χ2n) is 11.6. The molecule has 0 bridgehead atoms. The van der Waals surface area contributed by atoms with Crippen molar-refractivity contribution in [2.75, 3.05) is 0 Å². The molecule has 0 spiro atoms. The molecule has 33 heavy (non-hydrogen) atoms. The van der Waals surface area contributed by atoms with Crippen LogP contribution in [0.5, 0.6) is 11.5 Å². The first-order valence-corrected chi connectivity index (χ1v) is 13.6. The molecule has 0 saturated carbocycles. The molecule has 0 fully saturated rings. The predicted octanol–water partition coefficient (Wildman–Crippen LogP) is 7.14. The van der Waals surface area contributed by atoms with Gasteiger partial charge in [0.1, 0.15) is 17.1 Å². The standard InChI is InChI=1S/C29H52N2O2/c1-20(2)10-7-11-21(3)12-8-13-22(4)14-9-16-29(6)17-15-24-26(19-31)27(32)25(18-30)23(5)28(24)33-29/h20-22,32H,7-19,30-31H2,1-6H3. The monoisotopic (exact) mass is 460 g/mol. The van der Waals surface area contributed by atoms with E-state index in [-0.39, 0.29) is 11.4 Å². The molecule has 0 aliphatic carbocycles. The molecule has 190 valence electrons. The van der Waals surface area contributed by atoms with Crippen LogP contribution in [-0.2, 0) is 19.5 Å². The van der Waals surface area contributed by atoms with Crippen LogP contribution in [0.3, 0.4) is 0 Å². The average Bonchev–Trinajstić information content (AvgIpc) is 2.74. The highest BCUT2D eigenvalue weighted by atomic mass is 16.5. The molecule has 1 heterocycles. The van der Waals surface area contributed by atoms with Crippen molar-refractivity contribution in [2.45, 2.75) is 131 Å². The lowest BCUT2D eigenvalue weighted by atomic mass is 9.83. The van der Waals surface area contributed by atoms with Gasteiger partial charge in [0.2, 0.25) is 0 Å². The largest absolute Gasteiger partial charge is 0.507 e. The van der Waals surface area contributed by atoms with Crippen LogP contribution in [0, 0.1) is 24.7 Å². The maximum atomic E-state index is 10.6. The minimum Gasteiger partial charge on any atom is -0.507 e. The Morgan fingerprint density at radius 3 is 1.97 bits per heavy atom. The van der Waals surface area contributed by atoms with E-state index in [1.165, 1.54) is 51.4 Å². The molecular weight excluding hydrogens is 408 g/mol. The van der Waals surface area contributed by atoms with Crippen molar-refractivity contribution in [3.63, 3.8) is 0 Å². The van der Waals surface area contributed by atoms with Crippen LogP contribution in [0.25, 0.3) is 0 Å². The summed E-state index contributed by atoms with van der Waals surface area (Å²) in [6.45, 7) is 14.4. The summed E-state index contributed by atoms with van der Waals surface area (Å²) in [5.41, 5.74) is 15.4. The van der Waals surface area contributed by atoms with E-state index < -0.39 is 0 Å². The quantitative estimate of drug-likeness (QED) is 0.275. The first-order valence-electron chi connectivity index (χ1n) is 13.6. The fourth-order valence-electron chi connectivity index (χ4n) is 5.54. The first-order chi connectivity index (χ1) is 15.6. The summed E-state index contributed by atoms with van der Waals surface area (Å²) in [4.78, 5) is 0. The summed E-state index contributed by atoms with van der Waals surface area (Å²) >= 11 is 0. The third kappa shape index (κ3) is 7.89. The third-order valence-corrected chi connectivity index (χ3v) is 7.94. The topological polar surface area (TPSA) is 81.5 Å². The molecule has 1 aromatic rings. The Kier molecular flexibility index (Phi) is 11.0. The Labute approximate surface area is 203 Å². The highest BCUT2D eigenvalue weighted by Gasteiger charge is 2.35. The summed E-state index contributed by atoms with van der Waals surface area (Å²) in [5, 5.41) is 10.6. The molecule has 3 unspecified atom stereocenters. The van der Waals surface area contributed by atoms with Gasteiger partial charge in [0.05, 0.1) is 0 Å². The number of benzene rings is 1. The van der Waals surface area contributed by atoms with Crippen LogP contribution in [-0.4, -0.2) is 10.7 Å². The zero-order chi connectivity index (χ0) is 24.6. The normalized spacial score (nSPS) is 19.9. The molecule has 3 atom stereocenters. The van der Waals surface area contributed by atoms with E-state index in [4.69, 9.17) is 16.2 Å². The van der Waals surface area contributed by atoms with Gasteiger partial charge in [-0.25, -0.2) is 0 Å². The average molecular weight is 461 g/mol. The van der Waals surface area contributed by atoms with Gasteiger partial charge in [-0.1, -0.05) is 72.6 Å². The van der Waals surface area contributed by atoms with Gasteiger partial charge in [-0.15, -0.1) is 0 Å². The van der Waals surface area contributed by atoms with Gasteiger partial charge in [0.25, 0.3) is 0 Å². The van der Waals surface area contributed by atoms with Gasteiger partial charge in [-0.2, -0.15) is 0 Å². The molecule has 0 saturated heterocycles. The molecular formula is C29H52N2O2. The molecule has 1 aliphatic heterocycles. The zero-order valence-electron chi connectivity index (χ0n) is 22.4. The number of hydrogen-bond acceptors (Lipinski definition) is 4. The molecule has 4 nitrogen and oxygen atoms in total. The summed E-state index contributed by atoms with van der Waals surface area (Å²) in [5.74, 6) is 3.67. The number of hydrogen-bond donors (Lipinski definition) is 3. The van der Waals surface area contributed by atoms with Crippen molar-refractivity contribution >= 4 is 0 Å². The maximum Gasteiger partial charge on any atom is 0.127 e. The first kappa shape index (κ1) is 28.0. The number of phenols is 1. The van der Waals surface area contributed by atoms with Crippen molar-refractivity contribution in [3.8, 4) is 11.5 Å². The molecule has 0 amide bonds. The fraction of sp³-hybridized carbons (Fsp3) is 0.793.